The second kappa shape index (κ2) is 5.69. The van der Waals surface area contributed by atoms with Gasteiger partial charge >= 0.3 is 0 Å². The number of sulfonamides is 1. The molecule has 1 aliphatic heterocycles. The highest BCUT2D eigenvalue weighted by molar-refractivity contribution is 7.88. The molecule has 22 heavy (non-hydrogen) atoms. The summed E-state index contributed by atoms with van der Waals surface area (Å²) in [7, 11) is -3.27. The Bertz CT molecular complexity index is 799. The summed E-state index contributed by atoms with van der Waals surface area (Å²) in [4.78, 5) is 14.4. The third-order valence-electron chi connectivity index (χ3n) is 3.80. The van der Waals surface area contributed by atoms with Gasteiger partial charge in [-0.2, -0.15) is 5.10 Å². The van der Waals surface area contributed by atoms with E-state index in [1.54, 1.807) is 17.2 Å². The second-order valence-electron chi connectivity index (χ2n) is 5.62. The quantitative estimate of drug-likeness (QED) is 0.870. The molecule has 1 atom stereocenters. The van der Waals surface area contributed by atoms with E-state index in [9.17, 15) is 13.2 Å². The lowest BCUT2D eigenvalue weighted by molar-refractivity contribution is 0.0705. The van der Waals surface area contributed by atoms with Gasteiger partial charge < -0.3 is 4.90 Å². The zero-order valence-electron chi connectivity index (χ0n) is 12.2. The van der Waals surface area contributed by atoms with Gasteiger partial charge in [-0.25, -0.2) is 13.1 Å². The molecule has 118 valence electrons. The molecule has 8 heteroatoms. The third kappa shape index (κ3) is 3.12. The Morgan fingerprint density at radius 2 is 2.27 bits per heavy atom. The van der Waals surface area contributed by atoms with Crippen molar-refractivity contribution in [2.75, 3.05) is 19.3 Å². The Balaban J connectivity index is 1.81. The molecule has 3 rings (SSSR count). The average molecular weight is 322 g/mol. The Hall–Kier alpha value is -1.93. The van der Waals surface area contributed by atoms with E-state index in [2.05, 4.69) is 14.9 Å². The van der Waals surface area contributed by atoms with Crippen LogP contribution in [-0.2, 0) is 10.0 Å². The van der Waals surface area contributed by atoms with Crippen LogP contribution in [0.15, 0.2) is 24.4 Å². The fourth-order valence-corrected chi connectivity index (χ4v) is 3.68. The molecule has 1 aliphatic rings. The maximum absolute atomic E-state index is 12.7. The first-order chi connectivity index (χ1) is 10.4. The van der Waals surface area contributed by atoms with Crippen LogP contribution >= 0.6 is 0 Å². The summed E-state index contributed by atoms with van der Waals surface area (Å²) in [5, 5.41) is 7.70. The number of nitrogens with zero attached hydrogens (tertiary/aromatic N) is 2. The highest BCUT2D eigenvalue weighted by Crippen LogP contribution is 2.20. The number of fused-ring (bicyclic) bond motifs is 1. The van der Waals surface area contributed by atoms with Crippen molar-refractivity contribution < 1.29 is 13.2 Å². The van der Waals surface area contributed by atoms with Crippen LogP contribution < -0.4 is 4.72 Å². The lowest BCUT2D eigenvalue weighted by Crippen LogP contribution is -2.49. The molecule has 1 fully saturated rings. The fourth-order valence-electron chi connectivity index (χ4n) is 2.88. The Kier molecular flexibility index (Phi) is 3.88. The van der Waals surface area contributed by atoms with E-state index < -0.39 is 10.0 Å². The van der Waals surface area contributed by atoms with Crippen molar-refractivity contribution in [3.8, 4) is 0 Å². The van der Waals surface area contributed by atoms with Crippen molar-refractivity contribution in [2.24, 2.45) is 0 Å². The normalized spacial score (nSPS) is 19.5. The number of amides is 1. The van der Waals surface area contributed by atoms with Gasteiger partial charge in [0.25, 0.3) is 5.91 Å². The van der Waals surface area contributed by atoms with Gasteiger partial charge in [0.1, 0.15) is 0 Å². The Labute approximate surface area is 128 Å². The predicted octanol–water partition coefficient (Wildman–Crippen LogP) is 0.717. The van der Waals surface area contributed by atoms with Crippen LogP contribution in [0.25, 0.3) is 10.9 Å². The number of para-hydroxylation sites is 1. The third-order valence-corrected chi connectivity index (χ3v) is 4.56. The molecule has 2 aromatic rings. The van der Waals surface area contributed by atoms with E-state index >= 15 is 0 Å². The minimum atomic E-state index is -3.27. The van der Waals surface area contributed by atoms with Crippen molar-refractivity contribution in [3.05, 3.63) is 30.0 Å². The van der Waals surface area contributed by atoms with Crippen LogP contribution in [-0.4, -0.2) is 54.8 Å². The highest BCUT2D eigenvalue weighted by Gasteiger charge is 2.27. The van der Waals surface area contributed by atoms with Gasteiger partial charge in [-0.05, 0) is 18.9 Å². The lowest BCUT2D eigenvalue weighted by Gasteiger charge is -2.32. The number of benzene rings is 1. The van der Waals surface area contributed by atoms with Gasteiger partial charge in [0.15, 0.2) is 0 Å². The van der Waals surface area contributed by atoms with Gasteiger partial charge in [-0.3, -0.25) is 9.89 Å². The summed E-state index contributed by atoms with van der Waals surface area (Å²) >= 11 is 0. The number of rotatable bonds is 3. The molecule has 1 saturated heterocycles. The first-order valence-electron chi connectivity index (χ1n) is 7.13. The molecular weight excluding hydrogens is 304 g/mol. The summed E-state index contributed by atoms with van der Waals surface area (Å²) in [5.41, 5.74) is 1.28. The van der Waals surface area contributed by atoms with E-state index in [1.807, 2.05) is 12.1 Å². The molecule has 0 spiro atoms. The van der Waals surface area contributed by atoms with E-state index in [4.69, 9.17) is 0 Å². The summed E-state index contributed by atoms with van der Waals surface area (Å²) in [6.07, 6.45) is 4.33. The second-order valence-corrected chi connectivity index (χ2v) is 7.40. The topological polar surface area (TPSA) is 95.2 Å². The van der Waals surface area contributed by atoms with Crippen molar-refractivity contribution in [3.63, 3.8) is 0 Å². The SMILES string of the molecule is CS(=O)(=O)N[C@H]1CCCN(C(=O)c2cccc3cn[nH]c23)C1. The number of piperidine rings is 1. The molecule has 1 aromatic heterocycles. The number of carbonyl (C=O) groups excluding carboxylic acids is 1. The first-order valence-corrected chi connectivity index (χ1v) is 9.02. The van der Waals surface area contributed by atoms with Crippen molar-refractivity contribution in [1.82, 2.24) is 19.8 Å². The summed E-state index contributed by atoms with van der Waals surface area (Å²) in [5.74, 6) is -0.102. The number of likely N-dealkylation sites (tertiary alicyclic amines) is 1. The lowest BCUT2D eigenvalue weighted by atomic mass is 10.0. The number of carbonyl (C=O) groups is 1. The molecular formula is C14H18N4O3S. The fraction of sp³-hybridized carbons (Fsp3) is 0.429. The Morgan fingerprint density at radius 3 is 3.05 bits per heavy atom. The zero-order valence-corrected chi connectivity index (χ0v) is 13.1. The molecule has 0 aliphatic carbocycles. The van der Waals surface area contributed by atoms with Crippen molar-refractivity contribution >= 4 is 26.8 Å². The molecule has 2 heterocycles. The largest absolute Gasteiger partial charge is 0.337 e. The van der Waals surface area contributed by atoms with Gasteiger partial charge in [0.05, 0.1) is 23.5 Å². The molecule has 2 N–H and O–H groups in total. The summed E-state index contributed by atoms with van der Waals surface area (Å²) in [6.45, 7) is 1.02. The van der Waals surface area contributed by atoms with Crippen LogP contribution in [0, 0.1) is 0 Å². The molecule has 1 amide bonds. The predicted molar refractivity (Wildman–Crippen MR) is 83.0 cm³/mol. The van der Waals surface area contributed by atoms with Crippen LogP contribution in [0.4, 0.5) is 0 Å². The Morgan fingerprint density at radius 1 is 1.45 bits per heavy atom. The van der Waals surface area contributed by atoms with Gasteiger partial charge in [-0.15, -0.1) is 0 Å². The van der Waals surface area contributed by atoms with Crippen molar-refractivity contribution in [1.29, 1.82) is 0 Å². The monoisotopic (exact) mass is 322 g/mol. The number of aromatic nitrogens is 2. The van der Waals surface area contributed by atoms with Crippen LogP contribution in [0.5, 0.6) is 0 Å². The summed E-state index contributed by atoms with van der Waals surface area (Å²) < 4.78 is 25.3. The van der Waals surface area contributed by atoms with Gasteiger partial charge in [0, 0.05) is 24.5 Å². The number of nitrogens with one attached hydrogen (secondary N) is 2. The molecule has 1 aromatic carbocycles. The van der Waals surface area contributed by atoms with Crippen molar-refractivity contribution in [2.45, 2.75) is 18.9 Å². The molecule has 0 bridgehead atoms. The van der Waals surface area contributed by atoms with E-state index in [0.717, 1.165) is 24.5 Å². The summed E-state index contributed by atoms with van der Waals surface area (Å²) in [6, 6.07) is 5.24. The van der Waals surface area contributed by atoms with E-state index in [-0.39, 0.29) is 11.9 Å². The van der Waals surface area contributed by atoms with Crippen LogP contribution in [0.2, 0.25) is 0 Å². The van der Waals surface area contributed by atoms with E-state index in [0.29, 0.717) is 24.2 Å². The standard InChI is InChI=1S/C14H18N4O3S/c1-22(20,21)17-11-5-3-7-18(9-11)14(19)12-6-2-4-10-8-15-16-13(10)12/h2,4,6,8,11,17H,3,5,7,9H2,1H3,(H,15,16)/t11-/m0/s1. The maximum Gasteiger partial charge on any atom is 0.256 e. The minimum absolute atomic E-state index is 0.102. The van der Waals surface area contributed by atoms with Crippen LogP contribution in [0.3, 0.4) is 0 Å². The van der Waals surface area contributed by atoms with Gasteiger partial charge in [-0.1, -0.05) is 12.1 Å². The van der Waals surface area contributed by atoms with Gasteiger partial charge in [0.2, 0.25) is 10.0 Å². The number of H-pyrrole nitrogens is 1. The molecule has 7 nitrogen and oxygen atoms in total. The number of hydrogen-bond acceptors (Lipinski definition) is 4. The molecule has 0 radical (unpaired) electrons. The zero-order chi connectivity index (χ0) is 15.7. The minimum Gasteiger partial charge on any atom is -0.337 e. The average Bonchev–Trinajstić information content (AvgIpc) is 2.93. The molecule has 0 unspecified atom stereocenters. The van der Waals surface area contributed by atoms with Crippen LogP contribution in [0.1, 0.15) is 23.2 Å². The molecule has 0 saturated carbocycles. The maximum atomic E-state index is 12.7. The van der Waals surface area contributed by atoms with E-state index in [1.165, 1.54) is 0 Å². The smallest absolute Gasteiger partial charge is 0.256 e. The number of hydrogen-bond donors (Lipinski definition) is 2. The first kappa shape index (κ1) is 15.0. The highest BCUT2D eigenvalue weighted by atomic mass is 32.2. The number of aromatic amines is 1.